The van der Waals surface area contributed by atoms with Crippen LogP contribution >= 0.6 is 0 Å². The fourth-order valence-electron chi connectivity index (χ4n) is 4.55. The lowest BCUT2D eigenvalue weighted by atomic mass is 9.99. The number of ether oxygens (including phenoxy) is 4. The largest absolute Gasteiger partial charge is 0.493 e. The number of amides is 3. The summed E-state index contributed by atoms with van der Waals surface area (Å²) in [6.07, 6.45) is -0.296. The van der Waals surface area contributed by atoms with E-state index in [0.717, 1.165) is 18.7 Å². The number of esters is 1. The van der Waals surface area contributed by atoms with Crippen LogP contribution in [0.2, 0.25) is 0 Å². The molecule has 228 valence electrons. The molecule has 1 heterocycles. The molecule has 3 amide bonds. The van der Waals surface area contributed by atoms with Crippen molar-refractivity contribution in [3.63, 3.8) is 0 Å². The Bertz CT molecular complexity index is 1390. The van der Waals surface area contributed by atoms with Crippen LogP contribution < -0.4 is 25.4 Å². The van der Waals surface area contributed by atoms with E-state index in [4.69, 9.17) is 18.9 Å². The van der Waals surface area contributed by atoms with E-state index >= 15 is 0 Å². The minimum atomic E-state index is -0.597. The molecule has 4 rings (SSSR count). The minimum Gasteiger partial charge on any atom is -0.493 e. The summed E-state index contributed by atoms with van der Waals surface area (Å²) in [6, 6.07) is 18.8. The molecule has 2 unspecified atom stereocenters. The highest BCUT2D eigenvalue weighted by Crippen LogP contribution is 2.36. The zero-order valence-electron chi connectivity index (χ0n) is 24.8. The Hall–Kier alpha value is -4.61. The van der Waals surface area contributed by atoms with Gasteiger partial charge in [0.25, 0.3) is 0 Å². The lowest BCUT2D eigenvalue weighted by molar-refractivity contribution is -0.117. The fourth-order valence-corrected chi connectivity index (χ4v) is 4.55. The number of nitrogens with one attached hydrogen (secondary N) is 3. The zero-order valence-corrected chi connectivity index (χ0v) is 24.8. The molecule has 0 radical (unpaired) electrons. The molecule has 0 aromatic heterocycles. The Kier molecular flexibility index (Phi) is 11.0. The normalized spacial score (nSPS) is 14.6. The SMILES string of the molecule is CCOC(=O)c1cc(OC)c(OC(C)N2CCOCC2)cc1NC(=O)C(C)c1ccc(NC(=O)Nc2ccccc2)cc1. The van der Waals surface area contributed by atoms with Crippen LogP contribution in [0.1, 0.15) is 42.6 Å². The summed E-state index contributed by atoms with van der Waals surface area (Å²) in [5.41, 5.74) is 2.35. The van der Waals surface area contributed by atoms with Gasteiger partial charge in [-0.15, -0.1) is 0 Å². The van der Waals surface area contributed by atoms with E-state index in [1.54, 1.807) is 56.3 Å². The Balaban J connectivity index is 1.48. The molecular weight excluding hydrogens is 552 g/mol. The molecule has 2 atom stereocenters. The maximum atomic E-state index is 13.4. The van der Waals surface area contributed by atoms with Gasteiger partial charge in [0.2, 0.25) is 5.91 Å². The number of anilines is 3. The van der Waals surface area contributed by atoms with Gasteiger partial charge in [0, 0.05) is 36.6 Å². The lowest BCUT2D eigenvalue weighted by Crippen LogP contribution is -2.44. The van der Waals surface area contributed by atoms with Gasteiger partial charge in [-0.05, 0) is 50.6 Å². The molecule has 0 saturated carbocycles. The third kappa shape index (κ3) is 8.46. The van der Waals surface area contributed by atoms with Gasteiger partial charge in [0.05, 0.1) is 44.1 Å². The third-order valence-corrected chi connectivity index (χ3v) is 7.01. The fraction of sp³-hybridized carbons (Fsp3) is 0.344. The first-order valence-electron chi connectivity index (χ1n) is 14.2. The van der Waals surface area contributed by atoms with Crippen LogP contribution in [0.3, 0.4) is 0 Å². The average molecular weight is 591 g/mol. The molecule has 1 aliphatic heterocycles. The smallest absolute Gasteiger partial charge is 0.340 e. The van der Waals surface area contributed by atoms with Crippen LogP contribution in [-0.2, 0) is 14.3 Å². The maximum Gasteiger partial charge on any atom is 0.340 e. The van der Waals surface area contributed by atoms with Crippen molar-refractivity contribution >= 4 is 35.0 Å². The van der Waals surface area contributed by atoms with E-state index in [-0.39, 0.29) is 36.0 Å². The Morgan fingerprint density at radius 2 is 1.53 bits per heavy atom. The number of nitrogens with zero attached hydrogens (tertiary/aromatic N) is 1. The second kappa shape index (κ2) is 15.0. The Morgan fingerprint density at radius 3 is 2.16 bits per heavy atom. The van der Waals surface area contributed by atoms with Crippen molar-refractivity contribution in [1.29, 1.82) is 0 Å². The topological polar surface area (TPSA) is 127 Å². The van der Waals surface area contributed by atoms with Crippen molar-refractivity contribution < 1.29 is 33.3 Å². The second-order valence-electron chi connectivity index (χ2n) is 9.91. The van der Waals surface area contributed by atoms with Crippen LogP contribution in [0.5, 0.6) is 11.5 Å². The van der Waals surface area contributed by atoms with Gasteiger partial charge >= 0.3 is 12.0 Å². The van der Waals surface area contributed by atoms with Crippen molar-refractivity contribution in [3.8, 4) is 11.5 Å². The van der Waals surface area contributed by atoms with Crippen LogP contribution in [0.25, 0.3) is 0 Å². The molecule has 11 heteroatoms. The molecule has 1 saturated heterocycles. The highest BCUT2D eigenvalue weighted by molar-refractivity contribution is 6.04. The first kappa shape index (κ1) is 31.3. The number of rotatable bonds is 11. The van der Waals surface area contributed by atoms with Gasteiger partial charge in [0.15, 0.2) is 11.5 Å². The highest BCUT2D eigenvalue weighted by Gasteiger charge is 2.25. The number of hydrogen-bond acceptors (Lipinski definition) is 8. The monoisotopic (exact) mass is 590 g/mol. The Labute approximate surface area is 251 Å². The van der Waals surface area contributed by atoms with E-state index < -0.39 is 11.9 Å². The molecule has 0 bridgehead atoms. The number of urea groups is 1. The van der Waals surface area contributed by atoms with Crippen molar-refractivity contribution in [2.24, 2.45) is 0 Å². The summed E-state index contributed by atoms with van der Waals surface area (Å²) < 4.78 is 22.4. The van der Waals surface area contributed by atoms with Gasteiger partial charge < -0.3 is 34.9 Å². The first-order valence-corrected chi connectivity index (χ1v) is 14.2. The van der Waals surface area contributed by atoms with E-state index in [2.05, 4.69) is 20.9 Å². The predicted octanol–water partition coefficient (Wildman–Crippen LogP) is 5.32. The number of carbonyl (C=O) groups is 3. The van der Waals surface area contributed by atoms with Gasteiger partial charge in [-0.25, -0.2) is 9.59 Å². The number of benzene rings is 3. The quantitative estimate of drug-likeness (QED) is 0.256. The predicted molar refractivity (Wildman–Crippen MR) is 164 cm³/mol. The summed E-state index contributed by atoms with van der Waals surface area (Å²) in [4.78, 5) is 40.7. The number of hydrogen-bond donors (Lipinski definition) is 3. The number of carbonyl (C=O) groups excluding carboxylic acids is 3. The van der Waals surface area contributed by atoms with Crippen LogP contribution in [0, 0.1) is 0 Å². The number of para-hydroxylation sites is 1. The summed E-state index contributed by atoms with van der Waals surface area (Å²) >= 11 is 0. The highest BCUT2D eigenvalue weighted by atomic mass is 16.5. The van der Waals surface area contributed by atoms with E-state index in [1.807, 2.05) is 25.1 Å². The molecule has 3 aromatic rings. The van der Waals surface area contributed by atoms with Crippen molar-refractivity contribution in [3.05, 3.63) is 77.9 Å². The van der Waals surface area contributed by atoms with Crippen molar-refractivity contribution in [1.82, 2.24) is 4.90 Å². The molecule has 0 aliphatic carbocycles. The van der Waals surface area contributed by atoms with Gasteiger partial charge in [-0.2, -0.15) is 0 Å². The second-order valence-corrected chi connectivity index (χ2v) is 9.91. The van der Waals surface area contributed by atoms with E-state index in [1.165, 1.54) is 13.2 Å². The van der Waals surface area contributed by atoms with E-state index in [0.29, 0.717) is 36.1 Å². The molecule has 43 heavy (non-hydrogen) atoms. The molecule has 1 fully saturated rings. The summed E-state index contributed by atoms with van der Waals surface area (Å²) in [5, 5.41) is 8.41. The van der Waals surface area contributed by atoms with Crippen LogP contribution in [0.4, 0.5) is 21.9 Å². The molecular formula is C32H38N4O7. The van der Waals surface area contributed by atoms with E-state index in [9.17, 15) is 14.4 Å². The molecule has 3 aromatic carbocycles. The summed E-state index contributed by atoms with van der Waals surface area (Å²) in [5.74, 6) is -0.803. The minimum absolute atomic E-state index is 0.148. The lowest BCUT2D eigenvalue weighted by Gasteiger charge is -2.32. The van der Waals surface area contributed by atoms with Gasteiger partial charge in [-0.1, -0.05) is 30.3 Å². The molecule has 3 N–H and O–H groups in total. The standard InChI is InChI=1S/C32H38N4O7/c1-5-42-31(38)26-19-28(40-4)29(43-22(3)36-15-17-41-18-16-36)20-27(26)35-30(37)21(2)23-11-13-25(14-12-23)34-32(39)33-24-9-7-6-8-10-24/h6-14,19-22H,5,15-18H2,1-4H3,(H,35,37)(H2,33,34,39). The van der Waals surface area contributed by atoms with Gasteiger partial charge in [0.1, 0.15) is 6.23 Å². The molecule has 1 aliphatic rings. The molecule has 11 nitrogen and oxygen atoms in total. The first-order chi connectivity index (χ1) is 20.8. The average Bonchev–Trinajstić information content (AvgIpc) is 3.02. The third-order valence-electron chi connectivity index (χ3n) is 7.01. The summed E-state index contributed by atoms with van der Waals surface area (Å²) in [6.45, 7) is 8.23. The van der Waals surface area contributed by atoms with Crippen molar-refractivity contribution in [2.45, 2.75) is 32.9 Å². The van der Waals surface area contributed by atoms with Crippen LogP contribution in [0.15, 0.2) is 66.7 Å². The summed E-state index contributed by atoms with van der Waals surface area (Å²) in [7, 11) is 1.49. The van der Waals surface area contributed by atoms with Crippen LogP contribution in [-0.4, -0.2) is 69.1 Å². The van der Waals surface area contributed by atoms with Gasteiger partial charge in [-0.3, -0.25) is 9.69 Å². The zero-order chi connectivity index (χ0) is 30.8. The maximum absolute atomic E-state index is 13.4. The number of methoxy groups -OCH3 is 1. The number of morpholine rings is 1. The molecule has 0 spiro atoms. The van der Waals surface area contributed by atoms with Crippen molar-refractivity contribution in [2.75, 3.05) is 56.0 Å². The Morgan fingerprint density at radius 1 is 0.884 bits per heavy atom.